The Morgan fingerprint density at radius 1 is 1.17 bits per heavy atom. The zero-order valence-electron chi connectivity index (χ0n) is 9.42. The minimum atomic E-state index is 0.441. The topological polar surface area (TPSA) is 52.5 Å². The van der Waals surface area contributed by atoms with Gasteiger partial charge < -0.3 is 4.98 Å². The summed E-state index contributed by atoms with van der Waals surface area (Å²) in [4.78, 5) is 8.31. The first-order valence-electron chi connectivity index (χ1n) is 5.47. The van der Waals surface area contributed by atoms with Crippen molar-refractivity contribution in [3.8, 4) is 6.07 Å². The monoisotopic (exact) mass is 251 g/mol. The van der Waals surface area contributed by atoms with E-state index in [-0.39, 0.29) is 0 Å². The van der Waals surface area contributed by atoms with Crippen LogP contribution in [0.25, 0.3) is 10.9 Å². The van der Waals surface area contributed by atoms with Crippen LogP contribution < -0.4 is 0 Å². The molecule has 0 amide bonds. The first-order valence-corrected chi connectivity index (χ1v) is 6.28. The zero-order chi connectivity index (χ0) is 12.4. The lowest BCUT2D eigenvalue weighted by atomic mass is 10.3. The van der Waals surface area contributed by atoms with Gasteiger partial charge in [0.25, 0.3) is 0 Å². The molecule has 3 rings (SSSR count). The minimum Gasteiger partial charge on any atom is -0.349 e. The summed E-state index contributed by atoms with van der Waals surface area (Å²) in [5, 5.41) is 11.1. The third-order valence-electron chi connectivity index (χ3n) is 2.58. The van der Waals surface area contributed by atoms with Crippen LogP contribution in [-0.2, 0) is 0 Å². The van der Waals surface area contributed by atoms with Crippen molar-refractivity contribution in [1.29, 1.82) is 5.26 Å². The Labute approximate surface area is 108 Å². The lowest BCUT2D eigenvalue weighted by molar-refractivity contribution is 1.19. The Bertz CT molecular complexity index is 707. The molecular weight excluding hydrogens is 242 g/mol. The van der Waals surface area contributed by atoms with Gasteiger partial charge in [0, 0.05) is 22.0 Å². The molecule has 2 heterocycles. The molecule has 1 aromatic carbocycles. The van der Waals surface area contributed by atoms with Crippen LogP contribution in [0.4, 0.5) is 0 Å². The van der Waals surface area contributed by atoms with Gasteiger partial charge in [0.1, 0.15) is 11.8 Å². The van der Waals surface area contributed by atoms with Crippen LogP contribution in [0.2, 0.25) is 0 Å². The van der Waals surface area contributed by atoms with Gasteiger partial charge in [-0.05, 0) is 24.3 Å². The molecule has 3 aromatic rings. The molecule has 0 saturated heterocycles. The summed E-state index contributed by atoms with van der Waals surface area (Å²) in [5.74, 6) is 0. The SMILES string of the molecule is N#Cc1cc(Sc2cc3ccccc3[nH]2)ccn1. The minimum absolute atomic E-state index is 0.441. The number of H-pyrrole nitrogens is 1. The average Bonchev–Trinajstić information content (AvgIpc) is 2.81. The first-order chi connectivity index (χ1) is 8.85. The maximum absolute atomic E-state index is 8.81. The third-order valence-corrected chi connectivity index (χ3v) is 3.51. The van der Waals surface area contributed by atoms with E-state index >= 15 is 0 Å². The van der Waals surface area contributed by atoms with Crippen LogP contribution in [0.15, 0.2) is 58.6 Å². The van der Waals surface area contributed by atoms with Crippen molar-refractivity contribution in [2.45, 2.75) is 9.92 Å². The summed E-state index contributed by atoms with van der Waals surface area (Å²) in [6.07, 6.45) is 1.66. The third kappa shape index (κ3) is 2.08. The first kappa shape index (κ1) is 10.9. The summed E-state index contributed by atoms with van der Waals surface area (Å²) in [6.45, 7) is 0. The van der Waals surface area contributed by atoms with Crippen molar-refractivity contribution in [1.82, 2.24) is 9.97 Å². The van der Waals surface area contributed by atoms with Crippen LogP contribution in [0.5, 0.6) is 0 Å². The fourth-order valence-corrected chi connectivity index (χ4v) is 2.66. The Balaban J connectivity index is 1.94. The molecule has 0 atom stereocenters. The second kappa shape index (κ2) is 4.55. The number of benzene rings is 1. The number of pyridine rings is 1. The summed E-state index contributed by atoms with van der Waals surface area (Å²) >= 11 is 1.60. The van der Waals surface area contributed by atoms with E-state index in [0.717, 1.165) is 15.4 Å². The predicted octanol–water partition coefficient (Wildman–Crippen LogP) is 3.59. The molecule has 2 aromatic heterocycles. The van der Waals surface area contributed by atoms with Gasteiger partial charge in [0.05, 0.1) is 5.03 Å². The molecule has 0 bridgehead atoms. The molecule has 1 N–H and O–H groups in total. The number of nitriles is 1. The number of nitrogens with one attached hydrogen (secondary N) is 1. The Hall–Kier alpha value is -2.25. The molecule has 3 nitrogen and oxygen atoms in total. The predicted molar refractivity (Wildman–Crippen MR) is 71.4 cm³/mol. The smallest absolute Gasteiger partial charge is 0.141 e. The summed E-state index contributed by atoms with van der Waals surface area (Å²) in [6, 6.07) is 16.0. The highest BCUT2D eigenvalue weighted by Gasteiger charge is 2.03. The van der Waals surface area contributed by atoms with Gasteiger partial charge in [-0.1, -0.05) is 30.0 Å². The van der Waals surface area contributed by atoms with Crippen molar-refractivity contribution in [2.24, 2.45) is 0 Å². The van der Waals surface area contributed by atoms with Gasteiger partial charge >= 0.3 is 0 Å². The summed E-state index contributed by atoms with van der Waals surface area (Å²) < 4.78 is 0. The van der Waals surface area contributed by atoms with Crippen molar-refractivity contribution >= 4 is 22.7 Å². The van der Waals surface area contributed by atoms with Crippen LogP contribution in [0.3, 0.4) is 0 Å². The molecular formula is C14H9N3S. The molecule has 0 aliphatic carbocycles. The number of rotatable bonds is 2. The number of fused-ring (bicyclic) bond motifs is 1. The molecule has 0 saturated carbocycles. The second-order valence-electron chi connectivity index (χ2n) is 3.81. The zero-order valence-corrected chi connectivity index (χ0v) is 10.2. The summed E-state index contributed by atoms with van der Waals surface area (Å²) in [7, 11) is 0. The maximum atomic E-state index is 8.81. The quantitative estimate of drug-likeness (QED) is 0.757. The van der Waals surface area contributed by atoms with Crippen LogP contribution in [0.1, 0.15) is 5.69 Å². The van der Waals surface area contributed by atoms with Gasteiger partial charge in [-0.25, -0.2) is 4.98 Å². The molecule has 86 valence electrons. The molecule has 18 heavy (non-hydrogen) atoms. The second-order valence-corrected chi connectivity index (χ2v) is 4.93. The van der Waals surface area contributed by atoms with E-state index in [0.29, 0.717) is 5.69 Å². The largest absolute Gasteiger partial charge is 0.349 e. The van der Waals surface area contributed by atoms with E-state index < -0.39 is 0 Å². The maximum Gasteiger partial charge on any atom is 0.141 e. The van der Waals surface area contributed by atoms with Crippen molar-refractivity contribution in [2.75, 3.05) is 0 Å². The van der Waals surface area contributed by atoms with E-state index in [1.807, 2.05) is 30.3 Å². The van der Waals surface area contributed by atoms with E-state index in [1.54, 1.807) is 24.0 Å². The molecule has 0 spiro atoms. The molecule has 0 aliphatic heterocycles. The summed E-state index contributed by atoms with van der Waals surface area (Å²) in [5.41, 5.74) is 1.56. The van der Waals surface area contributed by atoms with E-state index in [4.69, 9.17) is 5.26 Å². The van der Waals surface area contributed by atoms with Crippen molar-refractivity contribution in [3.05, 3.63) is 54.4 Å². The molecule has 0 unspecified atom stereocenters. The normalized spacial score (nSPS) is 10.4. The highest BCUT2D eigenvalue weighted by Crippen LogP contribution is 2.29. The van der Waals surface area contributed by atoms with Gasteiger partial charge in [0.2, 0.25) is 0 Å². The number of nitrogens with zero attached hydrogens (tertiary/aromatic N) is 2. The highest BCUT2D eigenvalue weighted by molar-refractivity contribution is 7.99. The molecule has 0 aliphatic rings. The molecule has 0 radical (unpaired) electrons. The lowest BCUT2D eigenvalue weighted by Crippen LogP contribution is -1.81. The Morgan fingerprint density at radius 3 is 2.89 bits per heavy atom. The highest BCUT2D eigenvalue weighted by atomic mass is 32.2. The van der Waals surface area contributed by atoms with Gasteiger partial charge in [-0.2, -0.15) is 5.26 Å². The fraction of sp³-hybridized carbons (Fsp3) is 0. The van der Waals surface area contributed by atoms with Crippen LogP contribution in [-0.4, -0.2) is 9.97 Å². The van der Waals surface area contributed by atoms with Gasteiger partial charge in [-0.3, -0.25) is 0 Å². The van der Waals surface area contributed by atoms with Gasteiger partial charge in [0.15, 0.2) is 0 Å². The molecule has 4 heteroatoms. The van der Waals surface area contributed by atoms with Crippen molar-refractivity contribution < 1.29 is 0 Å². The van der Waals surface area contributed by atoms with Gasteiger partial charge in [-0.15, -0.1) is 0 Å². The fourth-order valence-electron chi connectivity index (χ4n) is 1.76. The Kier molecular flexibility index (Phi) is 2.75. The van der Waals surface area contributed by atoms with E-state index in [2.05, 4.69) is 22.1 Å². The average molecular weight is 251 g/mol. The number of aromatic nitrogens is 2. The number of hydrogen-bond donors (Lipinski definition) is 1. The Morgan fingerprint density at radius 2 is 2.06 bits per heavy atom. The lowest BCUT2D eigenvalue weighted by Gasteiger charge is -1.98. The number of para-hydroxylation sites is 1. The standard InChI is InChI=1S/C14H9N3S/c15-9-11-8-12(5-6-16-11)18-14-7-10-3-1-2-4-13(10)17-14/h1-8,17H. The van der Waals surface area contributed by atoms with Crippen molar-refractivity contribution in [3.63, 3.8) is 0 Å². The van der Waals surface area contributed by atoms with E-state index in [9.17, 15) is 0 Å². The number of aromatic amines is 1. The van der Waals surface area contributed by atoms with E-state index in [1.165, 1.54) is 5.39 Å². The van der Waals surface area contributed by atoms with Crippen LogP contribution in [0, 0.1) is 11.3 Å². The number of hydrogen-bond acceptors (Lipinski definition) is 3. The molecule has 0 fully saturated rings. The van der Waals surface area contributed by atoms with Crippen LogP contribution >= 0.6 is 11.8 Å².